The molecule has 1 unspecified atom stereocenters. The van der Waals surface area contributed by atoms with Crippen LogP contribution in [0.3, 0.4) is 0 Å². The van der Waals surface area contributed by atoms with E-state index < -0.39 is 4.92 Å². The zero-order chi connectivity index (χ0) is 13.7. The molecular weight excluding hydrogens is 302 g/mol. The van der Waals surface area contributed by atoms with Gasteiger partial charge in [-0.3, -0.25) is 14.9 Å². The van der Waals surface area contributed by atoms with Gasteiger partial charge in [-0.05, 0) is 34.9 Å². The van der Waals surface area contributed by atoms with E-state index in [2.05, 4.69) is 21.2 Å². The fraction of sp³-hybridized carbons (Fsp3) is 0.545. The molecule has 0 amide bonds. The van der Waals surface area contributed by atoms with Gasteiger partial charge in [0, 0.05) is 12.6 Å². The Balaban J connectivity index is 2.94. The molecule has 0 fully saturated rings. The third-order valence-corrected chi connectivity index (χ3v) is 3.06. The van der Waals surface area contributed by atoms with Gasteiger partial charge in [0.15, 0.2) is 0 Å². The van der Waals surface area contributed by atoms with Gasteiger partial charge < -0.3 is 9.88 Å². The largest absolute Gasteiger partial charge is 0.317 e. The van der Waals surface area contributed by atoms with E-state index in [1.807, 2.05) is 13.8 Å². The molecule has 0 aliphatic heterocycles. The van der Waals surface area contributed by atoms with E-state index in [4.69, 9.17) is 0 Å². The molecule has 0 aliphatic carbocycles. The molecule has 0 saturated carbocycles. The van der Waals surface area contributed by atoms with Crippen LogP contribution in [0.1, 0.15) is 13.8 Å². The van der Waals surface area contributed by atoms with Crippen molar-refractivity contribution in [1.29, 1.82) is 0 Å². The van der Waals surface area contributed by atoms with Crippen molar-refractivity contribution in [3.05, 3.63) is 37.2 Å². The van der Waals surface area contributed by atoms with E-state index in [9.17, 15) is 14.9 Å². The SMILES string of the molecule is CCNCC(C)Cn1cc([N+](=O)[O-])cc(Br)c1=O. The van der Waals surface area contributed by atoms with Crippen molar-refractivity contribution in [2.24, 2.45) is 5.92 Å². The standard InChI is InChI=1S/C11H16BrN3O3/c1-3-13-5-8(2)6-14-7-9(15(17)18)4-10(12)11(14)16/h4,7-8,13H,3,5-6H2,1-2H3. The summed E-state index contributed by atoms with van der Waals surface area (Å²) in [4.78, 5) is 22.1. The normalized spacial score (nSPS) is 12.4. The van der Waals surface area contributed by atoms with Gasteiger partial charge in [0.2, 0.25) is 0 Å². The van der Waals surface area contributed by atoms with E-state index in [0.29, 0.717) is 6.54 Å². The lowest BCUT2D eigenvalue weighted by Gasteiger charge is -2.13. The van der Waals surface area contributed by atoms with Crippen molar-refractivity contribution < 1.29 is 4.92 Å². The molecular formula is C11H16BrN3O3. The topological polar surface area (TPSA) is 77.2 Å². The van der Waals surface area contributed by atoms with Crippen LogP contribution >= 0.6 is 15.9 Å². The Kier molecular flexibility index (Phi) is 5.49. The van der Waals surface area contributed by atoms with Crippen molar-refractivity contribution >= 4 is 21.6 Å². The van der Waals surface area contributed by atoms with Gasteiger partial charge in [-0.15, -0.1) is 0 Å². The summed E-state index contributed by atoms with van der Waals surface area (Å²) in [6.07, 6.45) is 1.29. The van der Waals surface area contributed by atoms with E-state index in [0.717, 1.165) is 13.1 Å². The quantitative estimate of drug-likeness (QED) is 0.640. The smallest absolute Gasteiger partial charge is 0.286 e. The van der Waals surface area contributed by atoms with E-state index in [1.54, 1.807) is 0 Å². The lowest BCUT2D eigenvalue weighted by molar-refractivity contribution is -0.385. The van der Waals surface area contributed by atoms with Crippen LogP contribution in [0.15, 0.2) is 21.5 Å². The Morgan fingerprint density at radius 3 is 2.83 bits per heavy atom. The van der Waals surface area contributed by atoms with Gasteiger partial charge in [0.25, 0.3) is 11.2 Å². The van der Waals surface area contributed by atoms with Gasteiger partial charge in [0.05, 0.1) is 15.6 Å². The molecule has 1 N–H and O–H groups in total. The van der Waals surface area contributed by atoms with Crippen LogP contribution in [-0.2, 0) is 6.54 Å². The zero-order valence-corrected chi connectivity index (χ0v) is 11.9. The summed E-state index contributed by atoms with van der Waals surface area (Å²) in [7, 11) is 0. The van der Waals surface area contributed by atoms with Gasteiger partial charge >= 0.3 is 0 Å². The number of halogens is 1. The summed E-state index contributed by atoms with van der Waals surface area (Å²) in [6.45, 7) is 6.07. The number of nitrogens with zero attached hydrogens (tertiary/aromatic N) is 2. The molecule has 0 radical (unpaired) electrons. The van der Waals surface area contributed by atoms with Crippen molar-refractivity contribution in [2.75, 3.05) is 13.1 Å². The van der Waals surface area contributed by atoms with Crippen LogP contribution in [0.5, 0.6) is 0 Å². The van der Waals surface area contributed by atoms with E-state index >= 15 is 0 Å². The number of rotatable bonds is 6. The number of nitro groups is 1. The van der Waals surface area contributed by atoms with Crippen LogP contribution in [0.2, 0.25) is 0 Å². The predicted octanol–water partition coefficient (Wildman–Crippen LogP) is 1.76. The minimum atomic E-state index is -0.504. The second-order valence-corrected chi connectivity index (χ2v) is 5.03. The summed E-state index contributed by atoms with van der Waals surface area (Å²) >= 11 is 3.05. The predicted molar refractivity (Wildman–Crippen MR) is 72.8 cm³/mol. The molecule has 100 valence electrons. The average molecular weight is 318 g/mol. The summed E-state index contributed by atoms with van der Waals surface area (Å²) in [5.41, 5.74) is -0.332. The molecule has 6 nitrogen and oxygen atoms in total. The third-order valence-electron chi connectivity index (χ3n) is 2.49. The molecule has 1 aromatic heterocycles. The maximum atomic E-state index is 11.8. The Labute approximate surface area is 113 Å². The lowest BCUT2D eigenvalue weighted by atomic mass is 10.2. The number of pyridine rings is 1. The van der Waals surface area contributed by atoms with Gasteiger partial charge in [-0.25, -0.2) is 0 Å². The average Bonchev–Trinajstić information content (AvgIpc) is 2.31. The van der Waals surface area contributed by atoms with Gasteiger partial charge in [-0.1, -0.05) is 13.8 Å². The van der Waals surface area contributed by atoms with Crippen LogP contribution in [0, 0.1) is 16.0 Å². The molecule has 1 rings (SSSR count). The molecule has 0 spiro atoms. The Bertz CT molecular complexity index is 487. The Hall–Kier alpha value is -1.21. The summed E-state index contributed by atoms with van der Waals surface area (Å²) in [5, 5.41) is 13.9. The van der Waals surface area contributed by atoms with Crippen molar-refractivity contribution in [3.8, 4) is 0 Å². The minimum Gasteiger partial charge on any atom is -0.317 e. The maximum Gasteiger partial charge on any atom is 0.286 e. The highest BCUT2D eigenvalue weighted by atomic mass is 79.9. The second kappa shape index (κ2) is 6.65. The van der Waals surface area contributed by atoms with Crippen molar-refractivity contribution in [2.45, 2.75) is 20.4 Å². The third kappa shape index (κ3) is 3.92. The fourth-order valence-electron chi connectivity index (χ4n) is 1.61. The second-order valence-electron chi connectivity index (χ2n) is 4.17. The molecule has 0 aromatic carbocycles. The first kappa shape index (κ1) is 14.8. The fourth-order valence-corrected chi connectivity index (χ4v) is 2.07. The zero-order valence-electron chi connectivity index (χ0n) is 10.4. The molecule has 0 saturated heterocycles. The Morgan fingerprint density at radius 2 is 2.28 bits per heavy atom. The molecule has 7 heteroatoms. The number of hydrogen-bond donors (Lipinski definition) is 1. The summed E-state index contributed by atoms with van der Waals surface area (Å²) in [6, 6.07) is 1.23. The molecule has 1 heterocycles. The van der Waals surface area contributed by atoms with Crippen LogP contribution in [-0.4, -0.2) is 22.6 Å². The Morgan fingerprint density at radius 1 is 1.61 bits per heavy atom. The van der Waals surface area contributed by atoms with Crippen molar-refractivity contribution in [3.63, 3.8) is 0 Å². The van der Waals surface area contributed by atoms with Crippen LogP contribution in [0.25, 0.3) is 0 Å². The maximum absolute atomic E-state index is 11.8. The molecule has 1 atom stereocenters. The van der Waals surface area contributed by atoms with E-state index in [1.165, 1.54) is 16.8 Å². The summed E-state index contributed by atoms with van der Waals surface area (Å²) < 4.78 is 1.59. The first-order chi connectivity index (χ1) is 8.45. The first-order valence-electron chi connectivity index (χ1n) is 5.70. The first-order valence-corrected chi connectivity index (χ1v) is 6.50. The highest BCUT2D eigenvalue weighted by molar-refractivity contribution is 9.10. The minimum absolute atomic E-state index is 0.0860. The van der Waals surface area contributed by atoms with Gasteiger partial charge in [0.1, 0.15) is 0 Å². The monoisotopic (exact) mass is 317 g/mol. The number of aromatic nitrogens is 1. The molecule has 1 aromatic rings. The molecule has 18 heavy (non-hydrogen) atoms. The number of nitrogens with one attached hydrogen (secondary N) is 1. The van der Waals surface area contributed by atoms with Gasteiger partial charge in [-0.2, -0.15) is 0 Å². The highest BCUT2D eigenvalue weighted by Crippen LogP contribution is 2.14. The van der Waals surface area contributed by atoms with E-state index in [-0.39, 0.29) is 21.6 Å². The number of hydrogen-bond acceptors (Lipinski definition) is 4. The van der Waals surface area contributed by atoms with Crippen LogP contribution < -0.4 is 10.9 Å². The van der Waals surface area contributed by atoms with Crippen LogP contribution in [0.4, 0.5) is 5.69 Å². The highest BCUT2D eigenvalue weighted by Gasteiger charge is 2.13. The molecule has 0 bridgehead atoms. The molecule has 0 aliphatic rings. The lowest BCUT2D eigenvalue weighted by Crippen LogP contribution is -2.29. The summed E-state index contributed by atoms with van der Waals surface area (Å²) in [5.74, 6) is 0.219. The van der Waals surface area contributed by atoms with Crippen molar-refractivity contribution in [1.82, 2.24) is 9.88 Å².